The topological polar surface area (TPSA) is 79.8 Å². The highest BCUT2D eigenvalue weighted by atomic mass is 32.2. The fourth-order valence-corrected chi connectivity index (χ4v) is 4.44. The number of hydrogen-bond acceptors (Lipinski definition) is 4. The maximum atomic E-state index is 13.3. The number of hydrogen-bond donors (Lipinski definition) is 2. The van der Waals surface area contributed by atoms with Gasteiger partial charge in [-0.3, -0.25) is 14.2 Å². The summed E-state index contributed by atoms with van der Waals surface area (Å²) < 4.78 is 1.57. The molecule has 1 amide bonds. The fourth-order valence-electron chi connectivity index (χ4n) is 3.63. The summed E-state index contributed by atoms with van der Waals surface area (Å²) in [5, 5.41) is 3.49. The first kappa shape index (κ1) is 21.9. The number of H-pyrrole nitrogens is 1. The smallest absolute Gasteiger partial charge is 0.283 e. The van der Waals surface area contributed by atoms with Gasteiger partial charge < -0.3 is 10.3 Å². The summed E-state index contributed by atoms with van der Waals surface area (Å²) in [6, 6.07) is 17.3. The van der Waals surface area contributed by atoms with Gasteiger partial charge in [0.25, 0.3) is 5.56 Å². The second kappa shape index (κ2) is 9.04. The van der Waals surface area contributed by atoms with E-state index in [9.17, 15) is 9.59 Å². The number of thioether (sulfide) groups is 1. The lowest BCUT2D eigenvalue weighted by Crippen LogP contribution is -2.23. The first-order chi connectivity index (χ1) is 15.3. The van der Waals surface area contributed by atoms with E-state index in [1.54, 1.807) is 4.57 Å². The molecule has 2 heterocycles. The molecular formula is C25H26N4O2S. The molecule has 2 N–H and O–H groups in total. The van der Waals surface area contributed by atoms with Gasteiger partial charge in [0.05, 0.1) is 17.0 Å². The molecule has 0 unspecified atom stereocenters. The number of fused-ring (bicyclic) bond motifs is 1. The number of aromatic nitrogens is 3. The molecule has 0 atom stereocenters. The third-order valence-corrected chi connectivity index (χ3v) is 6.18. The first-order valence-corrected chi connectivity index (χ1v) is 11.5. The van der Waals surface area contributed by atoms with E-state index in [4.69, 9.17) is 4.98 Å². The van der Waals surface area contributed by atoms with Gasteiger partial charge >= 0.3 is 0 Å². The number of aromatic amines is 1. The van der Waals surface area contributed by atoms with Crippen molar-refractivity contribution in [1.82, 2.24) is 14.5 Å². The van der Waals surface area contributed by atoms with Crippen LogP contribution in [0.4, 0.5) is 5.69 Å². The van der Waals surface area contributed by atoms with Gasteiger partial charge in [-0.2, -0.15) is 0 Å². The van der Waals surface area contributed by atoms with E-state index in [-0.39, 0.29) is 17.2 Å². The largest absolute Gasteiger partial charge is 0.353 e. The van der Waals surface area contributed by atoms with Crippen molar-refractivity contribution >= 4 is 34.4 Å². The average Bonchev–Trinajstić information content (AvgIpc) is 3.14. The van der Waals surface area contributed by atoms with E-state index < -0.39 is 0 Å². The Hall–Kier alpha value is -3.32. The Morgan fingerprint density at radius 2 is 1.84 bits per heavy atom. The van der Waals surface area contributed by atoms with Crippen molar-refractivity contribution in [2.45, 2.75) is 38.8 Å². The Labute approximate surface area is 191 Å². The Balaban J connectivity index is 1.65. The van der Waals surface area contributed by atoms with Crippen LogP contribution in [0.5, 0.6) is 0 Å². The van der Waals surface area contributed by atoms with Crippen LogP contribution in [0.15, 0.2) is 64.5 Å². The Kier molecular flexibility index (Phi) is 6.19. The highest BCUT2D eigenvalue weighted by Crippen LogP contribution is 2.25. The van der Waals surface area contributed by atoms with Crippen LogP contribution in [0.25, 0.3) is 16.7 Å². The molecule has 0 aliphatic carbocycles. The summed E-state index contributed by atoms with van der Waals surface area (Å²) in [7, 11) is 0. The minimum Gasteiger partial charge on any atom is -0.353 e. The molecule has 0 saturated heterocycles. The maximum Gasteiger partial charge on any atom is 0.283 e. The number of amides is 1. The maximum absolute atomic E-state index is 13.3. The molecule has 0 spiro atoms. The van der Waals surface area contributed by atoms with Crippen LogP contribution in [0, 0.1) is 13.8 Å². The number of para-hydroxylation sites is 1. The molecule has 4 rings (SSSR count). The molecule has 0 bridgehead atoms. The summed E-state index contributed by atoms with van der Waals surface area (Å²) >= 11 is 1.25. The summed E-state index contributed by atoms with van der Waals surface area (Å²) in [5.41, 5.74) is 5.47. The molecule has 6 nitrogen and oxygen atoms in total. The average molecular weight is 447 g/mol. The predicted octanol–water partition coefficient (Wildman–Crippen LogP) is 5.18. The van der Waals surface area contributed by atoms with Gasteiger partial charge in [0.2, 0.25) is 5.91 Å². The molecule has 0 aliphatic rings. The van der Waals surface area contributed by atoms with Gasteiger partial charge in [-0.25, -0.2) is 4.98 Å². The zero-order valence-electron chi connectivity index (χ0n) is 18.6. The van der Waals surface area contributed by atoms with E-state index >= 15 is 0 Å². The Bertz CT molecular complexity index is 1340. The molecule has 164 valence electrons. The summed E-state index contributed by atoms with van der Waals surface area (Å²) in [5.74, 6) is 0.296. The van der Waals surface area contributed by atoms with Gasteiger partial charge in [0.15, 0.2) is 5.16 Å². The van der Waals surface area contributed by atoms with Crippen LogP contribution >= 0.6 is 11.8 Å². The summed E-state index contributed by atoms with van der Waals surface area (Å²) in [6.45, 7) is 8.08. The van der Waals surface area contributed by atoms with E-state index in [1.165, 1.54) is 11.8 Å². The minimum atomic E-state index is -0.181. The quantitative estimate of drug-likeness (QED) is 0.316. The lowest BCUT2D eigenvalue weighted by Gasteiger charge is -2.14. The molecule has 2 aromatic carbocycles. The normalized spacial score (nSPS) is 11.3. The molecule has 0 saturated carbocycles. The molecular weight excluding hydrogens is 420 g/mol. The van der Waals surface area contributed by atoms with Crippen molar-refractivity contribution in [1.29, 1.82) is 0 Å². The molecule has 0 fully saturated rings. The van der Waals surface area contributed by atoms with Gasteiger partial charge in [-0.15, -0.1) is 0 Å². The Morgan fingerprint density at radius 1 is 1.12 bits per heavy atom. The predicted molar refractivity (Wildman–Crippen MR) is 131 cm³/mol. The molecule has 4 aromatic rings. The van der Waals surface area contributed by atoms with Crippen molar-refractivity contribution in [2.24, 2.45) is 0 Å². The van der Waals surface area contributed by atoms with Crippen molar-refractivity contribution < 1.29 is 4.79 Å². The standard InChI is InChI=1S/C25H26N4O2S/c1-15(2)19-7-5-6-8-20(19)27-22(30)14-32-25-28-21-13-17(4)26-23(21)24(31)29(25)18-11-9-16(3)10-12-18/h5-13,15,26H,14H2,1-4H3,(H,27,30). The van der Waals surface area contributed by atoms with Crippen LogP contribution in [0.2, 0.25) is 0 Å². The van der Waals surface area contributed by atoms with Crippen molar-refractivity contribution in [3.8, 4) is 5.69 Å². The highest BCUT2D eigenvalue weighted by molar-refractivity contribution is 7.99. The monoisotopic (exact) mass is 446 g/mol. The van der Waals surface area contributed by atoms with Crippen LogP contribution in [0.1, 0.15) is 36.6 Å². The number of aryl methyl sites for hydroxylation is 2. The van der Waals surface area contributed by atoms with Gasteiger partial charge in [0, 0.05) is 11.4 Å². The number of anilines is 1. The second-order valence-corrected chi connectivity index (χ2v) is 9.10. The number of rotatable bonds is 6. The zero-order chi connectivity index (χ0) is 22.8. The lowest BCUT2D eigenvalue weighted by molar-refractivity contribution is -0.113. The fraction of sp³-hybridized carbons (Fsp3) is 0.240. The first-order valence-electron chi connectivity index (χ1n) is 10.5. The number of carbonyl (C=O) groups is 1. The molecule has 0 aliphatic heterocycles. The number of nitrogens with one attached hydrogen (secondary N) is 2. The molecule has 2 aromatic heterocycles. The van der Waals surface area contributed by atoms with Gasteiger partial charge in [-0.05, 0) is 49.6 Å². The molecule has 0 radical (unpaired) electrons. The third kappa shape index (κ3) is 4.48. The minimum absolute atomic E-state index is 0.139. The van der Waals surface area contributed by atoms with Gasteiger partial charge in [-0.1, -0.05) is 61.5 Å². The van der Waals surface area contributed by atoms with Crippen LogP contribution in [0.3, 0.4) is 0 Å². The van der Waals surface area contributed by atoms with Crippen molar-refractivity contribution in [2.75, 3.05) is 11.1 Å². The van der Waals surface area contributed by atoms with Gasteiger partial charge in [0.1, 0.15) is 5.52 Å². The zero-order valence-corrected chi connectivity index (χ0v) is 19.4. The van der Waals surface area contributed by atoms with E-state index in [0.29, 0.717) is 22.1 Å². The third-order valence-electron chi connectivity index (χ3n) is 5.24. The SMILES string of the molecule is Cc1ccc(-n2c(SCC(=O)Nc3ccccc3C(C)C)nc3cc(C)[nH]c3c2=O)cc1. The molecule has 7 heteroatoms. The second-order valence-electron chi connectivity index (χ2n) is 8.16. The van der Waals surface area contributed by atoms with E-state index in [2.05, 4.69) is 24.1 Å². The van der Waals surface area contributed by atoms with Crippen molar-refractivity contribution in [3.63, 3.8) is 0 Å². The molecule has 32 heavy (non-hydrogen) atoms. The number of benzene rings is 2. The van der Waals surface area contributed by atoms with Crippen LogP contribution in [-0.2, 0) is 4.79 Å². The number of nitrogens with zero attached hydrogens (tertiary/aromatic N) is 2. The summed E-state index contributed by atoms with van der Waals surface area (Å²) in [4.78, 5) is 33.8. The van der Waals surface area contributed by atoms with E-state index in [0.717, 1.165) is 28.2 Å². The van der Waals surface area contributed by atoms with Crippen LogP contribution in [-0.4, -0.2) is 26.2 Å². The van der Waals surface area contributed by atoms with E-state index in [1.807, 2.05) is 68.4 Å². The Morgan fingerprint density at radius 3 is 2.56 bits per heavy atom. The summed E-state index contributed by atoms with van der Waals surface area (Å²) in [6.07, 6.45) is 0. The van der Waals surface area contributed by atoms with Crippen LogP contribution < -0.4 is 10.9 Å². The van der Waals surface area contributed by atoms with Crippen molar-refractivity contribution in [3.05, 3.63) is 81.8 Å². The number of carbonyl (C=O) groups excluding carboxylic acids is 1. The lowest BCUT2D eigenvalue weighted by atomic mass is 10.0. The highest BCUT2D eigenvalue weighted by Gasteiger charge is 2.17.